The Balaban J connectivity index is 2.21. The third-order valence-electron chi connectivity index (χ3n) is 4.62. The van der Waals surface area contributed by atoms with E-state index in [0.29, 0.717) is 16.6 Å². The number of ether oxygens (including phenoxy) is 1. The molecule has 0 aliphatic rings. The molecule has 2 N–H and O–H groups in total. The molecule has 1 atom stereocenters. The van der Waals surface area contributed by atoms with E-state index in [9.17, 15) is 4.79 Å². The van der Waals surface area contributed by atoms with E-state index in [4.69, 9.17) is 17.0 Å². The lowest BCUT2D eigenvalue weighted by atomic mass is 9.92. The topological polar surface area (TPSA) is 50.4 Å². The highest BCUT2D eigenvalue weighted by Gasteiger charge is 2.19. The van der Waals surface area contributed by atoms with Gasteiger partial charge in [0.05, 0.1) is 18.7 Å². The van der Waals surface area contributed by atoms with E-state index in [2.05, 4.69) is 56.5 Å². The largest absolute Gasteiger partial charge is 0.465 e. The normalized spacial score (nSPS) is 11.8. The summed E-state index contributed by atoms with van der Waals surface area (Å²) < 4.78 is 4.80. The molecule has 0 heterocycles. The summed E-state index contributed by atoms with van der Waals surface area (Å²) in [7, 11) is 1.37. The molecule has 0 saturated heterocycles. The van der Waals surface area contributed by atoms with Crippen molar-refractivity contribution in [3.63, 3.8) is 0 Å². The molecular formula is C22H28N2O2S. The molecule has 144 valence electrons. The Kier molecular flexibility index (Phi) is 6.97. The predicted molar refractivity (Wildman–Crippen MR) is 115 cm³/mol. The summed E-state index contributed by atoms with van der Waals surface area (Å²) in [4.78, 5) is 11.8. The van der Waals surface area contributed by atoms with Crippen LogP contribution in [0.5, 0.6) is 0 Å². The van der Waals surface area contributed by atoms with Gasteiger partial charge in [0.2, 0.25) is 0 Å². The van der Waals surface area contributed by atoms with E-state index in [1.165, 1.54) is 23.8 Å². The summed E-state index contributed by atoms with van der Waals surface area (Å²) in [6.07, 6.45) is 0. The smallest absolute Gasteiger partial charge is 0.337 e. The van der Waals surface area contributed by atoms with Crippen molar-refractivity contribution >= 4 is 29.0 Å². The zero-order valence-electron chi connectivity index (χ0n) is 16.8. The molecule has 0 aliphatic carbocycles. The number of carbonyl (C=O) groups is 1. The molecule has 2 aromatic carbocycles. The van der Waals surface area contributed by atoms with Gasteiger partial charge in [0.15, 0.2) is 5.11 Å². The van der Waals surface area contributed by atoms with Gasteiger partial charge in [-0.2, -0.15) is 0 Å². The molecule has 0 fully saturated rings. The zero-order chi connectivity index (χ0) is 20.1. The molecule has 27 heavy (non-hydrogen) atoms. The van der Waals surface area contributed by atoms with Crippen LogP contribution in [0.1, 0.15) is 52.5 Å². The molecule has 1 unspecified atom stereocenters. The minimum atomic E-state index is -0.368. The van der Waals surface area contributed by atoms with Crippen molar-refractivity contribution in [1.82, 2.24) is 5.32 Å². The number of esters is 1. The number of benzene rings is 2. The molecule has 0 amide bonds. The maximum atomic E-state index is 11.8. The number of anilines is 1. The fourth-order valence-electron chi connectivity index (χ4n) is 3.08. The van der Waals surface area contributed by atoms with Crippen LogP contribution in [-0.2, 0) is 4.74 Å². The molecule has 0 bridgehead atoms. The number of aryl methyl sites for hydroxylation is 3. The molecule has 4 nitrogen and oxygen atoms in total. The summed E-state index contributed by atoms with van der Waals surface area (Å²) in [6, 6.07) is 11.9. The number of hydrogen-bond acceptors (Lipinski definition) is 3. The van der Waals surface area contributed by atoms with Gasteiger partial charge in [-0.05, 0) is 67.7 Å². The molecule has 0 aromatic heterocycles. The SMILES string of the molecule is COC(=O)c1ccc(C)c(NC(=S)NC(c2ccc(C)cc2C)C(C)C)c1. The van der Waals surface area contributed by atoms with Gasteiger partial charge in [0.1, 0.15) is 0 Å². The van der Waals surface area contributed by atoms with E-state index < -0.39 is 0 Å². The van der Waals surface area contributed by atoms with E-state index >= 15 is 0 Å². The van der Waals surface area contributed by atoms with Crippen LogP contribution in [0.15, 0.2) is 36.4 Å². The van der Waals surface area contributed by atoms with Gasteiger partial charge in [0.25, 0.3) is 0 Å². The maximum absolute atomic E-state index is 11.8. The summed E-state index contributed by atoms with van der Waals surface area (Å²) in [6.45, 7) is 10.5. The molecular weight excluding hydrogens is 356 g/mol. The van der Waals surface area contributed by atoms with Crippen LogP contribution in [-0.4, -0.2) is 18.2 Å². The summed E-state index contributed by atoms with van der Waals surface area (Å²) in [5.74, 6) is -0.0130. The Hall–Kier alpha value is -2.40. The number of carbonyl (C=O) groups excluding carboxylic acids is 1. The standard InChI is InChI=1S/C22H28N2O2S/c1-13(2)20(18-10-7-14(3)11-16(18)5)24-22(27)23-19-12-17(21(25)26-6)9-8-15(19)4/h7-13,20H,1-6H3,(H2,23,24,27). The van der Waals surface area contributed by atoms with Gasteiger partial charge in [-0.1, -0.05) is 43.7 Å². The van der Waals surface area contributed by atoms with Crippen molar-refractivity contribution in [3.05, 3.63) is 64.2 Å². The number of thiocarbonyl (C=S) groups is 1. The zero-order valence-corrected chi connectivity index (χ0v) is 17.7. The van der Waals surface area contributed by atoms with Crippen molar-refractivity contribution in [1.29, 1.82) is 0 Å². The molecule has 0 spiro atoms. The van der Waals surface area contributed by atoms with Gasteiger partial charge in [-0.15, -0.1) is 0 Å². The van der Waals surface area contributed by atoms with Gasteiger partial charge in [0, 0.05) is 5.69 Å². The fourth-order valence-corrected chi connectivity index (χ4v) is 3.32. The first-order valence-corrected chi connectivity index (χ1v) is 9.47. The van der Waals surface area contributed by atoms with Crippen molar-refractivity contribution in [2.75, 3.05) is 12.4 Å². The predicted octanol–water partition coefficient (Wildman–Crippen LogP) is 5.08. The van der Waals surface area contributed by atoms with Crippen LogP contribution >= 0.6 is 12.2 Å². The fraction of sp³-hybridized carbons (Fsp3) is 0.364. The first-order valence-electron chi connectivity index (χ1n) is 9.06. The Morgan fingerprint density at radius 2 is 1.74 bits per heavy atom. The second-order valence-corrected chi connectivity index (χ2v) is 7.61. The first-order chi connectivity index (χ1) is 12.7. The van der Waals surface area contributed by atoms with Crippen molar-refractivity contribution in [2.24, 2.45) is 5.92 Å². The minimum Gasteiger partial charge on any atom is -0.465 e. The van der Waals surface area contributed by atoms with Crippen molar-refractivity contribution in [3.8, 4) is 0 Å². The van der Waals surface area contributed by atoms with Gasteiger partial charge >= 0.3 is 5.97 Å². The van der Waals surface area contributed by atoms with Crippen LogP contribution in [0.3, 0.4) is 0 Å². The van der Waals surface area contributed by atoms with Crippen molar-refractivity contribution in [2.45, 2.75) is 40.7 Å². The van der Waals surface area contributed by atoms with E-state index in [1.54, 1.807) is 12.1 Å². The van der Waals surface area contributed by atoms with E-state index in [1.807, 2.05) is 13.0 Å². The first kappa shape index (κ1) is 20.9. The monoisotopic (exact) mass is 384 g/mol. The average molecular weight is 385 g/mol. The minimum absolute atomic E-state index is 0.0923. The van der Waals surface area contributed by atoms with E-state index in [-0.39, 0.29) is 12.0 Å². The molecule has 0 saturated carbocycles. The highest BCUT2D eigenvalue weighted by molar-refractivity contribution is 7.80. The Bertz CT molecular complexity index is 846. The second kappa shape index (κ2) is 9.00. The number of hydrogen-bond donors (Lipinski definition) is 2. The van der Waals surface area contributed by atoms with Crippen LogP contribution in [0.4, 0.5) is 5.69 Å². The highest BCUT2D eigenvalue weighted by Crippen LogP contribution is 2.26. The van der Waals surface area contributed by atoms with Crippen LogP contribution in [0.2, 0.25) is 0 Å². The second-order valence-electron chi connectivity index (χ2n) is 7.20. The average Bonchev–Trinajstić information content (AvgIpc) is 2.61. The lowest BCUT2D eigenvalue weighted by Gasteiger charge is -2.26. The Labute approximate surface area is 167 Å². The molecule has 5 heteroatoms. The van der Waals surface area contributed by atoms with Crippen molar-refractivity contribution < 1.29 is 9.53 Å². The lowest BCUT2D eigenvalue weighted by molar-refractivity contribution is 0.0601. The third-order valence-corrected chi connectivity index (χ3v) is 4.84. The molecule has 0 radical (unpaired) electrons. The van der Waals surface area contributed by atoms with Gasteiger partial charge < -0.3 is 15.4 Å². The van der Waals surface area contributed by atoms with Crippen LogP contribution < -0.4 is 10.6 Å². The maximum Gasteiger partial charge on any atom is 0.337 e. The van der Waals surface area contributed by atoms with E-state index in [0.717, 1.165) is 11.3 Å². The summed E-state index contributed by atoms with van der Waals surface area (Å²) >= 11 is 5.56. The lowest BCUT2D eigenvalue weighted by Crippen LogP contribution is -2.35. The number of nitrogens with one attached hydrogen (secondary N) is 2. The highest BCUT2D eigenvalue weighted by atomic mass is 32.1. The summed E-state index contributed by atoms with van der Waals surface area (Å²) in [5, 5.41) is 7.19. The Morgan fingerprint density at radius 1 is 1.04 bits per heavy atom. The quantitative estimate of drug-likeness (QED) is 0.556. The number of methoxy groups -OCH3 is 1. The molecule has 2 rings (SSSR count). The third kappa shape index (κ3) is 5.30. The van der Waals surface area contributed by atoms with Crippen LogP contribution in [0, 0.1) is 26.7 Å². The summed E-state index contributed by atoms with van der Waals surface area (Å²) in [5.41, 5.74) is 6.00. The van der Waals surface area contributed by atoms with Gasteiger partial charge in [-0.3, -0.25) is 0 Å². The van der Waals surface area contributed by atoms with Gasteiger partial charge in [-0.25, -0.2) is 4.79 Å². The molecule has 0 aliphatic heterocycles. The Morgan fingerprint density at radius 3 is 2.33 bits per heavy atom. The molecule has 2 aromatic rings. The van der Waals surface area contributed by atoms with Crippen LogP contribution in [0.25, 0.3) is 0 Å². The number of rotatable bonds is 5.